The smallest absolute Gasteiger partial charge is 0.220 e. The Bertz CT molecular complexity index is 153. The first-order chi connectivity index (χ1) is 6.74. The van der Waals surface area contributed by atoms with Crippen LogP contribution in [-0.2, 0) is 9.53 Å². The molecule has 0 saturated carbocycles. The lowest BCUT2D eigenvalue weighted by Gasteiger charge is -2.13. The van der Waals surface area contributed by atoms with E-state index in [0.29, 0.717) is 18.4 Å². The quantitative estimate of drug-likeness (QED) is 0.501. The largest absolute Gasteiger partial charge is 0.381 e. The molecule has 0 aromatic rings. The average Bonchev–Trinajstić information content (AvgIpc) is 2.22. The zero-order valence-electron chi connectivity index (χ0n) is 9.34. The number of ether oxygens (including phenoxy) is 1. The lowest BCUT2D eigenvalue weighted by molar-refractivity contribution is -0.120. The van der Waals surface area contributed by atoms with E-state index in [9.17, 15) is 4.79 Å². The van der Waals surface area contributed by atoms with Gasteiger partial charge >= 0.3 is 0 Å². The van der Waals surface area contributed by atoms with E-state index < -0.39 is 0 Å². The summed E-state index contributed by atoms with van der Waals surface area (Å²) in [5, 5.41) is 2.82. The molecule has 0 bridgehead atoms. The highest BCUT2D eigenvalue weighted by atomic mass is 32.2. The van der Waals surface area contributed by atoms with Crippen molar-refractivity contribution in [1.29, 1.82) is 0 Å². The highest BCUT2D eigenvalue weighted by molar-refractivity contribution is 7.99. The van der Waals surface area contributed by atoms with Crippen LogP contribution in [0.2, 0.25) is 0 Å². The van der Waals surface area contributed by atoms with Gasteiger partial charge in [0.15, 0.2) is 0 Å². The molecule has 0 aromatic carbocycles. The normalized spacial score (nSPS) is 12.5. The third kappa shape index (κ3) is 7.21. The molecule has 14 heavy (non-hydrogen) atoms. The van der Waals surface area contributed by atoms with Gasteiger partial charge in [-0.15, -0.1) is 11.8 Å². The summed E-state index contributed by atoms with van der Waals surface area (Å²) in [7, 11) is 1.74. The lowest BCUT2D eigenvalue weighted by atomic mass is 10.2. The molecule has 0 fully saturated rings. The Morgan fingerprint density at radius 3 is 2.71 bits per heavy atom. The lowest BCUT2D eigenvalue weighted by Crippen LogP contribution is -2.23. The molecule has 1 unspecified atom stereocenters. The summed E-state index contributed by atoms with van der Waals surface area (Å²) >= 11 is 1.71. The van der Waals surface area contributed by atoms with E-state index in [1.807, 2.05) is 6.92 Å². The van der Waals surface area contributed by atoms with Crippen LogP contribution in [0.25, 0.3) is 0 Å². The third-order valence-electron chi connectivity index (χ3n) is 1.94. The fourth-order valence-electron chi connectivity index (χ4n) is 1.04. The second kappa shape index (κ2) is 9.34. The fourth-order valence-corrected chi connectivity index (χ4v) is 1.98. The molecule has 1 atom stereocenters. The number of nitrogens with one attached hydrogen (secondary N) is 1. The number of carbonyl (C=O) groups is 1. The maximum Gasteiger partial charge on any atom is 0.220 e. The van der Waals surface area contributed by atoms with Gasteiger partial charge in [-0.05, 0) is 6.42 Å². The van der Waals surface area contributed by atoms with Crippen molar-refractivity contribution in [1.82, 2.24) is 5.32 Å². The van der Waals surface area contributed by atoms with Gasteiger partial charge < -0.3 is 10.1 Å². The minimum absolute atomic E-state index is 0.113. The minimum Gasteiger partial charge on any atom is -0.381 e. The SMILES string of the molecule is CCCC(CSCNC(=O)CC)OC. The first kappa shape index (κ1) is 13.8. The molecule has 0 heterocycles. The Kier molecular flexibility index (Phi) is 9.19. The Morgan fingerprint density at radius 1 is 1.50 bits per heavy atom. The summed E-state index contributed by atoms with van der Waals surface area (Å²) in [5.41, 5.74) is 0. The van der Waals surface area contributed by atoms with Gasteiger partial charge in [-0.25, -0.2) is 0 Å². The van der Waals surface area contributed by atoms with Gasteiger partial charge in [0.25, 0.3) is 0 Å². The molecule has 0 aromatic heterocycles. The molecule has 0 aliphatic heterocycles. The maximum atomic E-state index is 10.9. The van der Waals surface area contributed by atoms with Gasteiger partial charge in [-0.3, -0.25) is 4.79 Å². The summed E-state index contributed by atoms with van der Waals surface area (Å²) in [6, 6.07) is 0. The van der Waals surface area contributed by atoms with Crippen LogP contribution in [0.15, 0.2) is 0 Å². The molecular weight excluding hydrogens is 198 g/mol. The van der Waals surface area contributed by atoms with Crippen molar-refractivity contribution >= 4 is 17.7 Å². The number of methoxy groups -OCH3 is 1. The van der Waals surface area contributed by atoms with Gasteiger partial charge in [0.05, 0.1) is 12.0 Å². The zero-order valence-corrected chi connectivity index (χ0v) is 10.2. The molecule has 0 saturated heterocycles. The Labute approximate surface area is 91.0 Å². The van der Waals surface area contributed by atoms with Crippen LogP contribution < -0.4 is 5.32 Å². The van der Waals surface area contributed by atoms with E-state index in [1.165, 1.54) is 0 Å². The molecule has 0 spiro atoms. The number of hydrogen-bond acceptors (Lipinski definition) is 3. The van der Waals surface area contributed by atoms with E-state index in [2.05, 4.69) is 12.2 Å². The van der Waals surface area contributed by atoms with Crippen LogP contribution in [0.1, 0.15) is 33.1 Å². The summed E-state index contributed by atoms with van der Waals surface area (Å²) in [5.74, 6) is 1.76. The van der Waals surface area contributed by atoms with Crippen LogP contribution in [0.4, 0.5) is 0 Å². The van der Waals surface area contributed by atoms with Gasteiger partial charge in [0.1, 0.15) is 0 Å². The number of carbonyl (C=O) groups excluding carboxylic acids is 1. The number of amides is 1. The second-order valence-corrected chi connectivity index (χ2v) is 4.15. The Morgan fingerprint density at radius 2 is 2.21 bits per heavy atom. The minimum atomic E-state index is 0.113. The fraction of sp³-hybridized carbons (Fsp3) is 0.900. The van der Waals surface area contributed by atoms with Crippen molar-refractivity contribution in [3.05, 3.63) is 0 Å². The van der Waals surface area contributed by atoms with Gasteiger partial charge in [0.2, 0.25) is 5.91 Å². The summed E-state index contributed by atoms with van der Waals surface area (Å²) in [6.07, 6.45) is 3.11. The first-order valence-corrected chi connectivity index (χ1v) is 6.27. The van der Waals surface area contributed by atoms with E-state index in [-0.39, 0.29) is 5.91 Å². The van der Waals surface area contributed by atoms with Crippen LogP contribution in [0.5, 0.6) is 0 Å². The summed E-state index contributed by atoms with van der Waals surface area (Å²) in [6.45, 7) is 4.00. The van der Waals surface area contributed by atoms with E-state index in [4.69, 9.17) is 4.74 Å². The molecule has 0 aliphatic rings. The van der Waals surface area contributed by atoms with Gasteiger partial charge in [-0.1, -0.05) is 20.3 Å². The molecule has 4 heteroatoms. The molecule has 1 amide bonds. The van der Waals surface area contributed by atoms with Crippen molar-refractivity contribution in [2.45, 2.75) is 39.2 Å². The molecule has 3 nitrogen and oxygen atoms in total. The molecule has 84 valence electrons. The molecule has 0 rings (SSSR count). The number of hydrogen-bond donors (Lipinski definition) is 1. The third-order valence-corrected chi connectivity index (χ3v) is 2.90. The topological polar surface area (TPSA) is 38.3 Å². The number of rotatable bonds is 8. The van der Waals surface area contributed by atoms with Crippen molar-refractivity contribution in [3.8, 4) is 0 Å². The van der Waals surface area contributed by atoms with Crippen LogP contribution in [-0.4, -0.2) is 30.8 Å². The Hall–Kier alpha value is -0.220. The maximum absolute atomic E-state index is 10.9. The van der Waals surface area contributed by atoms with Crippen LogP contribution >= 0.6 is 11.8 Å². The first-order valence-electron chi connectivity index (χ1n) is 5.11. The standard InChI is InChI=1S/C10H21NO2S/c1-4-6-9(13-3)7-14-8-11-10(12)5-2/h9H,4-8H2,1-3H3,(H,11,12). The van der Waals surface area contributed by atoms with Gasteiger partial charge in [0, 0.05) is 19.3 Å². The monoisotopic (exact) mass is 219 g/mol. The van der Waals surface area contributed by atoms with Crippen molar-refractivity contribution in [3.63, 3.8) is 0 Å². The van der Waals surface area contributed by atoms with E-state index in [1.54, 1.807) is 18.9 Å². The highest BCUT2D eigenvalue weighted by Crippen LogP contribution is 2.08. The van der Waals surface area contributed by atoms with E-state index >= 15 is 0 Å². The summed E-state index contributed by atoms with van der Waals surface area (Å²) in [4.78, 5) is 10.9. The van der Waals surface area contributed by atoms with Crippen molar-refractivity contribution in [2.75, 3.05) is 18.7 Å². The van der Waals surface area contributed by atoms with Crippen LogP contribution in [0, 0.1) is 0 Å². The van der Waals surface area contributed by atoms with Crippen molar-refractivity contribution in [2.24, 2.45) is 0 Å². The predicted octanol–water partition coefficient (Wildman–Crippen LogP) is 2.02. The number of thioether (sulfide) groups is 1. The highest BCUT2D eigenvalue weighted by Gasteiger charge is 2.05. The van der Waals surface area contributed by atoms with E-state index in [0.717, 1.165) is 18.6 Å². The predicted molar refractivity (Wildman–Crippen MR) is 61.5 cm³/mol. The molecule has 1 N–H and O–H groups in total. The zero-order chi connectivity index (χ0) is 10.8. The molecule has 0 aliphatic carbocycles. The molecule has 0 radical (unpaired) electrons. The summed E-state index contributed by atoms with van der Waals surface area (Å²) < 4.78 is 5.29. The van der Waals surface area contributed by atoms with Crippen molar-refractivity contribution < 1.29 is 9.53 Å². The second-order valence-electron chi connectivity index (χ2n) is 3.12. The van der Waals surface area contributed by atoms with Crippen LogP contribution in [0.3, 0.4) is 0 Å². The van der Waals surface area contributed by atoms with Gasteiger partial charge in [-0.2, -0.15) is 0 Å². The Balaban J connectivity index is 3.37. The average molecular weight is 219 g/mol. The molecular formula is C10H21NO2S.